The Balaban J connectivity index is 1.77. The number of nitrogens with zero attached hydrogens (tertiary/aromatic N) is 5. The highest BCUT2D eigenvalue weighted by Crippen LogP contribution is 2.35. The summed E-state index contributed by atoms with van der Waals surface area (Å²) in [6, 6.07) is 3.45. The number of hydrogen-bond donors (Lipinski definition) is 1. The molecule has 1 aromatic carbocycles. The first-order valence-electron chi connectivity index (χ1n) is 8.77. The third kappa shape index (κ3) is 5.10. The van der Waals surface area contributed by atoms with Crippen LogP contribution in [0, 0.1) is 0 Å². The van der Waals surface area contributed by atoms with Crippen LogP contribution in [0.5, 0.6) is 0 Å². The molecule has 1 amide bonds. The Morgan fingerprint density at radius 2 is 2.00 bits per heavy atom. The summed E-state index contributed by atoms with van der Waals surface area (Å²) in [5, 5.41) is 6.49. The van der Waals surface area contributed by atoms with E-state index in [2.05, 4.69) is 20.3 Å². The molecule has 0 spiro atoms. The Morgan fingerprint density at radius 3 is 2.64 bits per heavy atom. The normalized spacial score (nSPS) is 15.9. The number of allylic oxidation sites excluding steroid dienone is 1. The number of carbonyl (C=O) groups is 1. The van der Waals surface area contributed by atoms with Gasteiger partial charge in [-0.3, -0.25) is 4.79 Å². The molecule has 2 heterocycles. The van der Waals surface area contributed by atoms with E-state index in [1.807, 2.05) is 11.9 Å². The minimum Gasteiger partial charge on any atom is -0.367 e. The minimum atomic E-state index is -4.48. The third-order valence-corrected chi connectivity index (χ3v) is 4.45. The van der Waals surface area contributed by atoms with Crippen molar-refractivity contribution in [3.05, 3.63) is 48.6 Å². The van der Waals surface area contributed by atoms with Crippen LogP contribution in [-0.2, 0) is 17.5 Å². The molecule has 0 bridgehead atoms. The van der Waals surface area contributed by atoms with Crippen LogP contribution in [0.3, 0.4) is 0 Å². The fourth-order valence-corrected chi connectivity index (χ4v) is 2.90. The van der Waals surface area contributed by atoms with E-state index in [9.17, 15) is 18.0 Å². The second-order valence-electron chi connectivity index (χ2n) is 6.53. The number of benzene rings is 1. The van der Waals surface area contributed by atoms with E-state index in [0.717, 1.165) is 25.2 Å². The molecule has 1 aliphatic heterocycles. The van der Waals surface area contributed by atoms with Gasteiger partial charge in [-0.05, 0) is 25.2 Å². The van der Waals surface area contributed by atoms with Crippen LogP contribution in [0.2, 0.25) is 0 Å². The summed E-state index contributed by atoms with van der Waals surface area (Å²) < 4.78 is 40.9. The summed E-state index contributed by atoms with van der Waals surface area (Å²) in [6.07, 6.45) is 1.23. The molecule has 0 unspecified atom stereocenters. The zero-order valence-corrected chi connectivity index (χ0v) is 15.4. The molecule has 3 rings (SSSR count). The number of alkyl halides is 3. The van der Waals surface area contributed by atoms with Crippen molar-refractivity contribution in [2.24, 2.45) is 0 Å². The number of likely N-dealkylation sites (N-methyl/N-ethyl adjacent to an activating group) is 1. The van der Waals surface area contributed by atoms with E-state index in [-0.39, 0.29) is 5.69 Å². The van der Waals surface area contributed by atoms with Gasteiger partial charge >= 0.3 is 6.18 Å². The van der Waals surface area contributed by atoms with Crippen LogP contribution < -0.4 is 10.2 Å². The largest absolute Gasteiger partial charge is 0.416 e. The summed E-state index contributed by atoms with van der Waals surface area (Å²) in [6.45, 7) is 3.28. The fourth-order valence-electron chi connectivity index (χ4n) is 2.90. The molecule has 7 nitrogen and oxygen atoms in total. The maximum Gasteiger partial charge on any atom is 0.416 e. The van der Waals surface area contributed by atoms with Crippen LogP contribution in [-0.4, -0.2) is 58.8 Å². The highest BCUT2D eigenvalue weighted by atomic mass is 19.4. The molecule has 1 aromatic heterocycles. The van der Waals surface area contributed by atoms with Gasteiger partial charge in [-0.2, -0.15) is 18.3 Å². The molecule has 0 atom stereocenters. The van der Waals surface area contributed by atoms with Crippen molar-refractivity contribution < 1.29 is 18.0 Å². The van der Waals surface area contributed by atoms with Crippen molar-refractivity contribution in [2.45, 2.75) is 12.7 Å². The predicted molar refractivity (Wildman–Crippen MR) is 98.9 cm³/mol. The second-order valence-corrected chi connectivity index (χ2v) is 6.53. The van der Waals surface area contributed by atoms with E-state index < -0.39 is 17.6 Å². The van der Waals surface area contributed by atoms with Crippen molar-refractivity contribution in [1.29, 1.82) is 0 Å². The molecule has 150 valence electrons. The van der Waals surface area contributed by atoms with Crippen LogP contribution >= 0.6 is 0 Å². The first kappa shape index (κ1) is 19.9. The van der Waals surface area contributed by atoms with Gasteiger partial charge in [0.2, 0.25) is 5.91 Å². The third-order valence-electron chi connectivity index (χ3n) is 4.45. The van der Waals surface area contributed by atoms with Gasteiger partial charge in [0, 0.05) is 32.3 Å². The summed E-state index contributed by atoms with van der Waals surface area (Å²) >= 11 is 0. The van der Waals surface area contributed by atoms with Crippen LogP contribution in [0.15, 0.2) is 43.0 Å². The maximum absolute atomic E-state index is 13.1. The highest BCUT2D eigenvalue weighted by molar-refractivity contribution is 6.01. The first-order chi connectivity index (χ1) is 13.3. The fraction of sp³-hybridized carbons (Fsp3) is 0.389. The second kappa shape index (κ2) is 8.42. The first-order valence-corrected chi connectivity index (χ1v) is 8.77. The SMILES string of the molecule is CN1CCN(c2ccc(C(F)(F)F)cc2NC(=O)/C=C/Cn2cncn2)CC1. The summed E-state index contributed by atoms with van der Waals surface area (Å²) in [5.41, 5.74) is -0.0683. The number of rotatable bonds is 5. The molecule has 0 radical (unpaired) electrons. The molecular weight excluding hydrogens is 373 g/mol. The van der Waals surface area contributed by atoms with Gasteiger partial charge in [-0.25, -0.2) is 9.67 Å². The summed E-state index contributed by atoms with van der Waals surface area (Å²) in [4.78, 5) is 20.2. The molecule has 0 saturated carbocycles. The topological polar surface area (TPSA) is 66.3 Å². The van der Waals surface area contributed by atoms with Crippen molar-refractivity contribution in [3.8, 4) is 0 Å². The minimum absolute atomic E-state index is 0.148. The molecule has 28 heavy (non-hydrogen) atoms. The molecule has 1 aliphatic rings. The number of nitrogens with one attached hydrogen (secondary N) is 1. The van der Waals surface area contributed by atoms with Gasteiger partial charge in [0.25, 0.3) is 0 Å². The van der Waals surface area contributed by atoms with Crippen molar-refractivity contribution >= 4 is 17.3 Å². The zero-order valence-electron chi connectivity index (χ0n) is 15.4. The number of aromatic nitrogens is 3. The number of amides is 1. The lowest BCUT2D eigenvalue weighted by Crippen LogP contribution is -2.44. The Bertz CT molecular complexity index is 826. The van der Waals surface area contributed by atoms with Gasteiger partial charge in [0.1, 0.15) is 12.7 Å². The predicted octanol–water partition coefficient (Wildman–Crippen LogP) is 2.24. The lowest BCUT2D eigenvalue weighted by molar-refractivity contribution is -0.137. The Labute approximate surface area is 160 Å². The maximum atomic E-state index is 13.1. The van der Waals surface area contributed by atoms with Gasteiger partial charge in [-0.15, -0.1) is 0 Å². The summed E-state index contributed by atoms with van der Waals surface area (Å²) in [7, 11) is 1.99. The lowest BCUT2D eigenvalue weighted by Gasteiger charge is -2.35. The average molecular weight is 394 g/mol. The van der Waals surface area contributed by atoms with E-state index in [1.54, 1.807) is 6.08 Å². The number of carbonyl (C=O) groups excluding carboxylic acids is 1. The number of hydrogen-bond acceptors (Lipinski definition) is 5. The van der Waals surface area contributed by atoms with Crippen molar-refractivity contribution in [2.75, 3.05) is 43.4 Å². The number of anilines is 2. The number of piperazine rings is 1. The Hall–Kier alpha value is -2.88. The van der Waals surface area contributed by atoms with E-state index in [1.165, 1.54) is 29.5 Å². The molecule has 1 saturated heterocycles. The monoisotopic (exact) mass is 394 g/mol. The van der Waals surface area contributed by atoms with Crippen molar-refractivity contribution in [3.63, 3.8) is 0 Å². The molecule has 1 N–H and O–H groups in total. The van der Waals surface area contributed by atoms with Gasteiger partial charge < -0.3 is 15.1 Å². The Morgan fingerprint density at radius 1 is 1.25 bits per heavy atom. The number of halogens is 3. The van der Waals surface area contributed by atoms with Gasteiger partial charge in [0.15, 0.2) is 0 Å². The van der Waals surface area contributed by atoms with Gasteiger partial charge in [0.05, 0.1) is 23.5 Å². The van der Waals surface area contributed by atoms with E-state index >= 15 is 0 Å². The zero-order chi connectivity index (χ0) is 20.1. The lowest BCUT2D eigenvalue weighted by atomic mass is 10.1. The van der Waals surface area contributed by atoms with Gasteiger partial charge in [-0.1, -0.05) is 6.08 Å². The van der Waals surface area contributed by atoms with Crippen LogP contribution in [0.25, 0.3) is 0 Å². The van der Waals surface area contributed by atoms with Crippen LogP contribution in [0.1, 0.15) is 5.56 Å². The summed E-state index contributed by atoms with van der Waals surface area (Å²) in [5.74, 6) is -0.505. The smallest absolute Gasteiger partial charge is 0.367 e. The van der Waals surface area contributed by atoms with E-state index in [0.29, 0.717) is 25.3 Å². The van der Waals surface area contributed by atoms with E-state index in [4.69, 9.17) is 0 Å². The van der Waals surface area contributed by atoms with Crippen molar-refractivity contribution in [1.82, 2.24) is 19.7 Å². The highest BCUT2D eigenvalue weighted by Gasteiger charge is 2.32. The molecular formula is C18H21F3N6O. The quantitative estimate of drug-likeness (QED) is 0.788. The average Bonchev–Trinajstić information content (AvgIpc) is 3.15. The molecule has 1 fully saturated rings. The molecule has 2 aromatic rings. The molecule has 0 aliphatic carbocycles. The standard InChI is InChI=1S/C18H21F3N6O/c1-25-7-9-26(10-8-25)16-5-4-14(18(19,20)21)11-15(16)24-17(28)3-2-6-27-13-22-12-23-27/h2-5,11-13H,6-10H2,1H3,(H,24,28)/b3-2+. The van der Waals surface area contributed by atoms with Crippen LogP contribution in [0.4, 0.5) is 24.5 Å². The Kier molecular flexibility index (Phi) is 5.98. The molecule has 10 heteroatoms.